The van der Waals surface area contributed by atoms with Gasteiger partial charge in [-0.25, -0.2) is 0 Å². The third kappa shape index (κ3) is 2.17. The molecule has 0 amide bonds. The Bertz CT molecular complexity index is 93.3. The molecule has 0 N–H and O–H groups in total. The molecule has 0 spiro atoms. The zero-order chi connectivity index (χ0) is 7.40. The highest BCUT2D eigenvalue weighted by Gasteiger charge is 2.20. The second-order valence-electron chi connectivity index (χ2n) is 3.32. The van der Waals surface area contributed by atoms with Gasteiger partial charge >= 0.3 is 0 Å². The van der Waals surface area contributed by atoms with Crippen molar-refractivity contribution in [2.45, 2.75) is 32.6 Å². The first-order chi connectivity index (χ1) is 4.84. The van der Waals surface area contributed by atoms with E-state index in [1.807, 2.05) is 0 Å². The van der Waals surface area contributed by atoms with E-state index in [1.54, 1.807) is 0 Å². The predicted octanol–water partition coefficient (Wildman–Crippen LogP) is 2.67. The van der Waals surface area contributed by atoms with E-state index < -0.39 is 0 Å². The van der Waals surface area contributed by atoms with Gasteiger partial charge in [-0.3, -0.25) is 0 Å². The third-order valence-corrected chi connectivity index (χ3v) is 2.73. The van der Waals surface area contributed by atoms with E-state index in [2.05, 4.69) is 19.8 Å². The molecule has 2 heteroatoms. The fourth-order valence-electron chi connectivity index (χ4n) is 1.74. The number of hydrogen-bond donors (Lipinski definition) is 1. The molecule has 0 aromatic carbocycles. The van der Waals surface area contributed by atoms with E-state index in [1.165, 1.54) is 25.7 Å². The highest BCUT2D eigenvalue weighted by atomic mass is 32.1. The average molecular weight is 160 g/mol. The summed E-state index contributed by atoms with van der Waals surface area (Å²) in [6, 6.07) is 0. The monoisotopic (exact) mass is 160 g/mol. The third-order valence-electron chi connectivity index (χ3n) is 2.58. The molecule has 0 aromatic heterocycles. The second kappa shape index (κ2) is 4.24. The fraction of sp³-hybridized carbons (Fsp3) is 1.00. The standard InChI is InChI=1S/C8H16OS/c1-7-4-2-3-5-8(7)6-9-10/h7-8,10H,2-6H2,1H3/t7-,8+/m0/s1. The van der Waals surface area contributed by atoms with E-state index in [9.17, 15) is 0 Å². The van der Waals surface area contributed by atoms with Crippen molar-refractivity contribution in [3.63, 3.8) is 0 Å². The van der Waals surface area contributed by atoms with Crippen LogP contribution >= 0.6 is 12.9 Å². The molecule has 0 saturated heterocycles. The Balaban J connectivity index is 2.25. The molecule has 0 aromatic rings. The van der Waals surface area contributed by atoms with Gasteiger partial charge in [0, 0.05) is 0 Å². The number of rotatable bonds is 2. The Morgan fingerprint density at radius 1 is 1.40 bits per heavy atom. The van der Waals surface area contributed by atoms with E-state index in [4.69, 9.17) is 4.18 Å². The normalized spacial score (nSPS) is 34.2. The van der Waals surface area contributed by atoms with Gasteiger partial charge in [0.25, 0.3) is 0 Å². The SMILES string of the molecule is C[C@H]1CCCC[C@@H]1COS. The molecule has 10 heavy (non-hydrogen) atoms. The Morgan fingerprint density at radius 3 is 2.70 bits per heavy atom. The van der Waals surface area contributed by atoms with E-state index in [-0.39, 0.29) is 0 Å². The Labute approximate surface area is 68.8 Å². The van der Waals surface area contributed by atoms with Gasteiger partial charge in [0.1, 0.15) is 0 Å². The number of hydrogen-bond acceptors (Lipinski definition) is 2. The quantitative estimate of drug-likeness (QED) is 0.482. The van der Waals surface area contributed by atoms with Crippen LogP contribution in [0.15, 0.2) is 0 Å². The molecule has 0 radical (unpaired) electrons. The molecule has 1 fully saturated rings. The van der Waals surface area contributed by atoms with E-state index in [0.717, 1.165) is 18.4 Å². The largest absolute Gasteiger partial charge is 0.318 e. The molecule has 1 rings (SSSR count). The number of thiol groups is 1. The van der Waals surface area contributed by atoms with Gasteiger partial charge < -0.3 is 4.18 Å². The highest BCUT2D eigenvalue weighted by molar-refractivity contribution is 7.75. The molecule has 2 atom stereocenters. The van der Waals surface area contributed by atoms with Crippen LogP contribution in [0, 0.1) is 11.8 Å². The van der Waals surface area contributed by atoms with Crippen molar-refractivity contribution >= 4 is 12.9 Å². The summed E-state index contributed by atoms with van der Waals surface area (Å²) in [5.74, 6) is 1.62. The van der Waals surface area contributed by atoms with Crippen molar-refractivity contribution in [2.24, 2.45) is 11.8 Å². The van der Waals surface area contributed by atoms with E-state index >= 15 is 0 Å². The molecule has 0 aliphatic heterocycles. The summed E-state index contributed by atoms with van der Waals surface area (Å²) in [5, 5.41) is 0. The molecule has 0 unspecified atom stereocenters. The zero-order valence-corrected chi connectivity index (χ0v) is 7.44. The van der Waals surface area contributed by atoms with Crippen LogP contribution in [0.1, 0.15) is 32.6 Å². The summed E-state index contributed by atoms with van der Waals surface area (Å²) in [5.41, 5.74) is 0. The summed E-state index contributed by atoms with van der Waals surface area (Å²) in [6.07, 6.45) is 5.50. The predicted molar refractivity (Wildman–Crippen MR) is 46.1 cm³/mol. The molecule has 1 nitrogen and oxygen atoms in total. The van der Waals surface area contributed by atoms with Gasteiger partial charge in [0.15, 0.2) is 0 Å². The van der Waals surface area contributed by atoms with Crippen LogP contribution in [0.2, 0.25) is 0 Å². The first kappa shape index (κ1) is 8.41. The highest BCUT2D eigenvalue weighted by Crippen LogP contribution is 2.29. The molecule has 1 saturated carbocycles. The minimum Gasteiger partial charge on any atom is -0.318 e. The summed E-state index contributed by atoms with van der Waals surface area (Å²) in [4.78, 5) is 0. The molecule has 1 aliphatic rings. The van der Waals surface area contributed by atoms with Crippen LogP contribution in [-0.2, 0) is 4.18 Å². The van der Waals surface area contributed by atoms with Crippen LogP contribution in [0.3, 0.4) is 0 Å². The lowest BCUT2D eigenvalue weighted by molar-refractivity contribution is 0.178. The lowest BCUT2D eigenvalue weighted by Gasteiger charge is -2.27. The fourth-order valence-corrected chi connectivity index (χ4v) is 1.93. The molecular weight excluding hydrogens is 144 g/mol. The first-order valence-electron chi connectivity index (χ1n) is 4.11. The zero-order valence-electron chi connectivity index (χ0n) is 6.55. The Hall–Kier alpha value is 0.310. The van der Waals surface area contributed by atoms with Crippen molar-refractivity contribution in [3.8, 4) is 0 Å². The topological polar surface area (TPSA) is 9.23 Å². The van der Waals surface area contributed by atoms with Gasteiger partial charge in [0.2, 0.25) is 0 Å². The van der Waals surface area contributed by atoms with Crippen molar-refractivity contribution in [2.75, 3.05) is 6.61 Å². The first-order valence-corrected chi connectivity index (χ1v) is 4.47. The van der Waals surface area contributed by atoms with Crippen molar-refractivity contribution < 1.29 is 4.18 Å². The van der Waals surface area contributed by atoms with Crippen molar-refractivity contribution in [3.05, 3.63) is 0 Å². The molecular formula is C8H16OS. The second-order valence-corrected chi connectivity index (χ2v) is 3.58. The van der Waals surface area contributed by atoms with Crippen molar-refractivity contribution in [1.29, 1.82) is 0 Å². The maximum atomic E-state index is 4.85. The van der Waals surface area contributed by atoms with Crippen molar-refractivity contribution in [1.82, 2.24) is 0 Å². The molecule has 1 aliphatic carbocycles. The van der Waals surface area contributed by atoms with Crippen LogP contribution < -0.4 is 0 Å². The maximum Gasteiger partial charge on any atom is 0.0641 e. The van der Waals surface area contributed by atoms with Crippen LogP contribution in [0.4, 0.5) is 0 Å². The smallest absolute Gasteiger partial charge is 0.0641 e. The average Bonchev–Trinajstić information content (AvgIpc) is 1.94. The lowest BCUT2D eigenvalue weighted by atomic mass is 9.81. The van der Waals surface area contributed by atoms with Crippen LogP contribution in [-0.4, -0.2) is 6.61 Å². The van der Waals surface area contributed by atoms with E-state index in [0.29, 0.717) is 0 Å². The minimum absolute atomic E-state index is 0.770. The van der Waals surface area contributed by atoms with Gasteiger partial charge in [-0.05, 0) is 31.2 Å². The van der Waals surface area contributed by atoms with Gasteiger partial charge in [-0.15, -0.1) is 0 Å². The maximum absolute atomic E-state index is 4.85. The molecule has 60 valence electrons. The summed E-state index contributed by atoms with van der Waals surface area (Å²) in [6.45, 7) is 3.15. The molecule has 0 bridgehead atoms. The summed E-state index contributed by atoms with van der Waals surface area (Å²) in [7, 11) is 0. The Morgan fingerprint density at radius 2 is 2.10 bits per heavy atom. The van der Waals surface area contributed by atoms with Crippen LogP contribution in [0.25, 0.3) is 0 Å². The van der Waals surface area contributed by atoms with Gasteiger partial charge in [0.05, 0.1) is 6.61 Å². The lowest BCUT2D eigenvalue weighted by Crippen LogP contribution is -2.20. The van der Waals surface area contributed by atoms with Crippen LogP contribution in [0.5, 0.6) is 0 Å². The van der Waals surface area contributed by atoms with Gasteiger partial charge in [-0.1, -0.05) is 26.2 Å². The summed E-state index contributed by atoms with van der Waals surface area (Å²) < 4.78 is 4.85. The Kier molecular flexibility index (Phi) is 3.57. The van der Waals surface area contributed by atoms with Gasteiger partial charge in [-0.2, -0.15) is 0 Å². The molecule has 0 heterocycles. The summed E-state index contributed by atoms with van der Waals surface area (Å²) >= 11 is 3.77. The minimum atomic E-state index is 0.770.